The highest BCUT2D eigenvalue weighted by atomic mass is 16.5. The summed E-state index contributed by atoms with van der Waals surface area (Å²) in [4.78, 5) is 17.4. The Morgan fingerprint density at radius 2 is 2.22 bits per heavy atom. The molecule has 1 aromatic heterocycles. The van der Waals surface area contributed by atoms with E-state index < -0.39 is 5.91 Å². The molecular weight excluding hydrogens is 232 g/mol. The van der Waals surface area contributed by atoms with Crippen molar-refractivity contribution in [3.63, 3.8) is 0 Å². The zero-order valence-corrected chi connectivity index (χ0v) is 10.8. The number of carbonyl (C=O) groups excluding carboxylic acids is 1. The fourth-order valence-corrected chi connectivity index (χ4v) is 1.59. The number of hydrogen-bond donors (Lipinski definition) is 2. The number of rotatable bonds is 7. The molecule has 0 spiro atoms. The normalized spacial score (nSPS) is 10.3. The SMILES string of the molecule is CCOCCN(CC)c1cc(C(N)=O)c(N)cn1. The topological polar surface area (TPSA) is 94.5 Å². The van der Waals surface area contributed by atoms with Gasteiger partial charge in [-0.25, -0.2) is 4.98 Å². The van der Waals surface area contributed by atoms with Crippen molar-refractivity contribution >= 4 is 17.4 Å². The van der Waals surface area contributed by atoms with E-state index in [4.69, 9.17) is 16.2 Å². The number of likely N-dealkylation sites (N-methyl/N-ethyl adjacent to an activating group) is 1. The molecule has 0 fully saturated rings. The van der Waals surface area contributed by atoms with Crippen LogP contribution < -0.4 is 16.4 Å². The van der Waals surface area contributed by atoms with Crippen LogP contribution in [0.25, 0.3) is 0 Å². The molecule has 4 N–H and O–H groups in total. The molecule has 6 nitrogen and oxygen atoms in total. The number of nitrogens with zero attached hydrogens (tertiary/aromatic N) is 2. The molecular formula is C12H20N4O2. The first-order valence-electron chi connectivity index (χ1n) is 5.98. The summed E-state index contributed by atoms with van der Waals surface area (Å²) < 4.78 is 5.30. The molecule has 0 radical (unpaired) electrons. The molecule has 0 saturated carbocycles. The number of amides is 1. The molecule has 18 heavy (non-hydrogen) atoms. The maximum absolute atomic E-state index is 11.2. The fourth-order valence-electron chi connectivity index (χ4n) is 1.59. The van der Waals surface area contributed by atoms with E-state index in [1.54, 1.807) is 6.07 Å². The van der Waals surface area contributed by atoms with Crippen molar-refractivity contribution in [3.05, 3.63) is 17.8 Å². The standard InChI is InChI=1S/C12H20N4O2/c1-3-16(5-6-18-4-2)11-7-9(12(14)17)10(13)8-15-11/h7-8H,3-6,13H2,1-2H3,(H2,14,17). The quantitative estimate of drug-likeness (QED) is 0.694. The van der Waals surface area contributed by atoms with Crippen molar-refractivity contribution in [1.82, 2.24) is 4.98 Å². The van der Waals surface area contributed by atoms with Crippen molar-refractivity contribution < 1.29 is 9.53 Å². The monoisotopic (exact) mass is 252 g/mol. The van der Waals surface area contributed by atoms with Crippen molar-refractivity contribution in [2.24, 2.45) is 5.73 Å². The second-order valence-corrected chi connectivity index (χ2v) is 3.77. The molecule has 0 aliphatic carbocycles. The van der Waals surface area contributed by atoms with E-state index in [1.807, 2.05) is 18.7 Å². The number of nitrogen functional groups attached to an aromatic ring is 1. The first kappa shape index (κ1) is 14.2. The number of carbonyl (C=O) groups is 1. The van der Waals surface area contributed by atoms with Crippen molar-refractivity contribution in [2.75, 3.05) is 36.9 Å². The van der Waals surface area contributed by atoms with Crippen LogP contribution in [0.15, 0.2) is 12.3 Å². The van der Waals surface area contributed by atoms with Crippen molar-refractivity contribution in [3.8, 4) is 0 Å². The van der Waals surface area contributed by atoms with Gasteiger partial charge >= 0.3 is 0 Å². The van der Waals surface area contributed by atoms with E-state index in [9.17, 15) is 4.79 Å². The van der Waals surface area contributed by atoms with Gasteiger partial charge in [0, 0.05) is 19.7 Å². The highest BCUT2D eigenvalue weighted by Gasteiger charge is 2.11. The van der Waals surface area contributed by atoms with Gasteiger partial charge in [0.25, 0.3) is 5.91 Å². The lowest BCUT2D eigenvalue weighted by molar-refractivity contribution is 0.100. The summed E-state index contributed by atoms with van der Waals surface area (Å²) in [5.74, 6) is 0.136. The number of nitrogens with two attached hydrogens (primary N) is 2. The lowest BCUT2D eigenvalue weighted by Crippen LogP contribution is -2.28. The Labute approximate surface area is 107 Å². The minimum Gasteiger partial charge on any atom is -0.397 e. The highest BCUT2D eigenvalue weighted by molar-refractivity contribution is 5.98. The van der Waals surface area contributed by atoms with Gasteiger partial charge in [-0.15, -0.1) is 0 Å². The zero-order chi connectivity index (χ0) is 13.5. The molecule has 0 aliphatic heterocycles. The van der Waals surface area contributed by atoms with Gasteiger partial charge in [-0.1, -0.05) is 0 Å². The molecule has 0 unspecified atom stereocenters. The lowest BCUT2D eigenvalue weighted by Gasteiger charge is -2.22. The fraction of sp³-hybridized carbons (Fsp3) is 0.500. The number of anilines is 2. The third-order valence-corrected chi connectivity index (χ3v) is 2.60. The van der Waals surface area contributed by atoms with Gasteiger partial charge in [0.1, 0.15) is 5.82 Å². The van der Waals surface area contributed by atoms with Crippen molar-refractivity contribution in [2.45, 2.75) is 13.8 Å². The number of pyridine rings is 1. The molecule has 0 aliphatic rings. The number of ether oxygens (including phenoxy) is 1. The largest absolute Gasteiger partial charge is 0.397 e. The van der Waals surface area contributed by atoms with Crippen LogP contribution in [0.2, 0.25) is 0 Å². The molecule has 1 heterocycles. The molecule has 1 rings (SSSR count). The summed E-state index contributed by atoms with van der Waals surface area (Å²) in [6, 6.07) is 1.62. The predicted molar refractivity (Wildman–Crippen MR) is 71.5 cm³/mol. The molecule has 100 valence electrons. The van der Waals surface area contributed by atoms with Gasteiger partial charge in [0.05, 0.1) is 24.1 Å². The number of hydrogen-bond acceptors (Lipinski definition) is 5. The van der Waals surface area contributed by atoms with Gasteiger partial charge in [0.2, 0.25) is 0 Å². The van der Waals surface area contributed by atoms with E-state index in [2.05, 4.69) is 4.98 Å². The Bertz CT molecular complexity index is 409. The van der Waals surface area contributed by atoms with Crippen LogP contribution in [0.4, 0.5) is 11.5 Å². The van der Waals surface area contributed by atoms with Gasteiger partial charge in [0.15, 0.2) is 0 Å². The second-order valence-electron chi connectivity index (χ2n) is 3.77. The summed E-state index contributed by atoms with van der Waals surface area (Å²) >= 11 is 0. The van der Waals surface area contributed by atoms with E-state index in [0.717, 1.165) is 6.54 Å². The molecule has 0 bridgehead atoms. The lowest BCUT2D eigenvalue weighted by atomic mass is 10.2. The van der Waals surface area contributed by atoms with E-state index in [1.165, 1.54) is 6.20 Å². The summed E-state index contributed by atoms with van der Waals surface area (Å²) in [6.07, 6.45) is 1.46. The van der Waals surface area contributed by atoms with Crippen LogP contribution in [0, 0.1) is 0 Å². The third-order valence-electron chi connectivity index (χ3n) is 2.60. The Morgan fingerprint density at radius 1 is 1.50 bits per heavy atom. The molecule has 0 saturated heterocycles. The third kappa shape index (κ3) is 3.59. The van der Waals surface area contributed by atoms with Crippen LogP contribution >= 0.6 is 0 Å². The first-order valence-corrected chi connectivity index (χ1v) is 5.98. The molecule has 0 atom stereocenters. The number of aromatic nitrogens is 1. The Morgan fingerprint density at radius 3 is 2.78 bits per heavy atom. The van der Waals surface area contributed by atoms with Gasteiger partial charge in [-0.05, 0) is 19.9 Å². The second kappa shape index (κ2) is 6.80. The summed E-state index contributed by atoms with van der Waals surface area (Å²) in [5, 5.41) is 0. The molecule has 1 amide bonds. The van der Waals surface area contributed by atoms with Crippen LogP contribution in [-0.2, 0) is 4.74 Å². The molecule has 0 aromatic carbocycles. The number of primary amides is 1. The Kier molecular flexibility index (Phi) is 5.38. The zero-order valence-electron chi connectivity index (χ0n) is 10.8. The van der Waals surface area contributed by atoms with Gasteiger partial charge < -0.3 is 21.1 Å². The minimum absolute atomic E-state index is 0.298. The average molecular weight is 252 g/mol. The molecule has 6 heteroatoms. The maximum Gasteiger partial charge on any atom is 0.250 e. The summed E-state index contributed by atoms with van der Waals surface area (Å²) in [5.41, 5.74) is 11.5. The Balaban J connectivity index is 2.85. The van der Waals surface area contributed by atoms with Gasteiger partial charge in [-0.2, -0.15) is 0 Å². The predicted octanol–water partition coefficient (Wildman–Crippen LogP) is 0.626. The molecule has 1 aromatic rings. The highest BCUT2D eigenvalue weighted by Crippen LogP contribution is 2.17. The van der Waals surface area contributed by atoms with Crippen LogP contribution in [0.3, 0.4) is 0 Å². The van der Waals surface area contributed by atoms with E-state index in [0.29, 0.717) is 36.8 Å². The van der Waals surface area contributed by atoms with E-state index in [-0.39, 0.29) is 0 Å². The van der Waals surface area contributed by atoms with Gasteiger partial charge in [-0.3, -0.25) is 4.79 Å². The van der Waals surface area contributed by atoms with Crippen LogP contribution in [-0.4, -0.2) is 37.2 Å². The maximum atomic E-state index is 11.2. The smallest absolute Gasteiger partial charge is 0.250 e. The summed E-state index contributed by atoms with van der Waals surface area (Å²) in [7, 11) is 0. The van der Waals surface area contributed by atoms with Crippen molar-refractivity contribution in [1.29, 1.82) is 0 Å². The van der Waals surface area contributed by atoms with Crippen LogP contribution in [0.5, 0.6) is 0 Å². The van der Waals surface area contributed by atoms with Crippen LogP contribution in [0.1, 0.15) is 24.2 Å². The average Bonchev–Trinajstić information content (AvgIpc) is 2.35. The summed E-state index contributed by atoms with van der Waals surface area (Å²) in [6.45, 7) is 6.72. The van der Waals surface area contributed by atoms with E-state index >= 15 is 0 Å². The Hall–Kier alpha value is -1.82. The first-order chi connectivity index (χ1) is 8.60. The minimum atomic E-state index is -0.544.